The fraction of sp³-hybridized carbons (Fsp3) is 0.769. The van der Waals surface area contributed by atoms with Crippen LogP contribution >= 0.6 is 0 Å². The van der Waals surface area contributed by atoms with Crippen molar-refractivity contribution in [1.82, 2.24) is 0 Å². The second-order valence-electron chi connectivity index (χ2n) is 4.60. The molecule has 0 unspecified atom stereocenters. The highest BCUT2D eigenvalue weighted by Gasteiger charge is 2.32. The Balaban J connectivity index is 1.70. The first-order valence-electron chi connectivity index (χ1n) is 6.27. The lowest BCUT2D eigenvalue weighted by molar-refractivity contribution is -0.122. The predicted octanol–water partition coefficient (Wildman–Crippen LogP) is 2.46. The second-order valence-corrected chi connectivity index (χ2v) is 4.60. The van der Waals surface area contributed by atoms with Crippen LogP contribution in [0.3, 0.4) is 0 Å². The lowest BCUT2D eigenvalue weighted by Crippen LogP contribution is -2.33. The standard InChI is InChI=1S/C13H20O3/c1-2-15-11-7-10(8-11)9-12(14)13-5-3-4-6-16-13/h5,10-11H,2-4,6-9H2,1H3. The molecule has 1 saturated carbocycles. The van der Waals surface area contributed by atoms with Gasteiger partial charge in [-0.2, -0.15) is 0 Å². The monoisotopic (exact) mass is 224 g/mol. The zero-order valence-corrected chi connectivity index (χ0v) is 9.91. The topological polar surface area (TPSA) is 35.5 Å². The van der Waals surface area contributed by atoms with Gasteiger partial charge in [0.25, 0.3) is 0 Å². The molecule has 1 fully saturated rings. The molecule has 0 atom stereocenters. The van der Waals surface area contributed by atoms with Crippen LogP contribution in [0.2, 0.25) is 0 Å². The van der Waals surface area contributed by atoms with E-state index in [-0.39, 0.29) is 5.78 Å². The highest BCUT2D eigenvalue weighted by Crippen LogP contribution is 2.33. The quantitative estimate of drug-likeness (QED) is 0.719. The fourth-order valence-electron chi connectivity index (χ4n) is 2.33. The largest absolute Gasteiger partial charge is 0.490 e. The van der Waals surface area contributed by atoms with Crippen LogP contribution in [0.25, 0.3) is 0 Å². The van der Waals surface area contributed by atoms with Crippen LogP contribution < -0.4 is 0 Å². The summed E-state index contributed by atoms with van der Waals surface area (Å²) >= 11 is 0. The summed E-state index contributed by atoms with van der Waals surface area (Å²) < 4.78 is 10.8. The van der Waals surface area contributed by atoms with E-state index in [0.717, 1.165) is 32.3 Å². The van der Waals surface area contributed by atoms with Crippen LogP contribution in [0.5, 0.6) is 0 Å². The second kappa shape index (κ2) is 5.48. The van der Waals surface area contributed by atoms with Crippen molar-refractivity contribution in [2.45, 2.75) is 45.1 Å². The van der Waals surface area contributed by atoms with Gasteiger partial charge in [-0.05, 0) is 44.6 Å². The Kier molecular flexibility index (Phi) is 3.99. The van der Waals surface area contributed by atoms with Crippen molar-refractivity contribution in [2.75, 3.05) is 13.2 Å². The first-order valence-corrected chi connectivity index (χ1v) is 6.27. The molecule has 0 radical (unpaired) electrons. The van der Waals surface area contributed by atoms with E-state index in [1.807, 2.05) is 13.0 Å². The first kappa shape index (κ1) is 11.6. The maximum absolute atomic E-state index is 11.8. The maximum Gasteiger partial charge on any atom is 0.197 e. The third kappa shape index (κ3) is 2.85. The third-order valence-corrected chi connectivity index (χ3v) is 3.28. The van der Waals surface area contributed by atoms with Crippen molar-refractivity contribution < 1.29 is 14.3 Å². The SMILES string of the molecule is CCOC1CC(CC(=O)C2=CCCCO2)C1. The lowest BCUT2D eigenvalue weighted by Gasteiger charge is -2.34. The van der Waals surface area contributed by atoms with Gasteiger partial charge in [0.05, 0.1) is 12.7 Å². The molecule has 16 heavy (non-hydrogen) atoms. The van der Waals surface area contributed by atoms with Crippen LogP contribution in [-0.4, -0.2) is 25.1 Å². The van der Waals surface area contributed by atoms with E-state index in [1.54, 1.807) is 0 Å². The van der Waals surface area contributed by atoms with E-state index < -0.39 is 0 Å². The predicted molar refractivity (Wildman–Crippen MR) is 61.0 cm³/mol. The molecule has 0 spiro atoms. The molecule has 0 aromatic rings. The van der Waals surface area contributed by atoms with Crippen LogP contribution in [0.1, 0.15) is 39.0 Å². The third-order valence-electron chi connectivity index (χ3n) is 3.28. The van der Waals surface area contributed by atoms with Crippen molar-refractivity contribution in [3.05, 3.63) is 11.8 Å². The van der Waals surface area contributed by atoms with Gasteiger partial charge in [-0.15, -0.1) is 0 Å². The number of carbonyl (C=O) groups excluding carboxylic acids is 1. The summed E-state index contributed by atoms with van der Waals surface area (Å²) in [5.41, 5.74) is 0. The molecular weight excluding hydrogens is 204 g/mol. The molecule has 0 bridgehead atoms. The Labute approximate surface area is 96.8 Å². The number of rotatable bonds is 5. The van der Waals surface area contributed by atoms with Crippen LogP contribution in [-0.2, 0) is 14.3 Å². The summed E-state index contributed by atoms with van der Waals surface area (Å²) in [5.74, 6) is 1.29. The Morgan fingerprint density at radius 1 is 1.56 bits per heavy atom. The van der Waals surface area contributed by atoms with Crippen molar-refractivity contribution in [2.24, 2.45) is 5.92 Å². The number of carbonyl (C=O) groups is 1. The van der Waals surface area contributed by atoms with E-state index >= 15 is 0 Å². The van der Waals surface area contributed by atoms with E-state index in [1.165, 1.54) is 0 Å². The molecule has 2 aliphatic rings. The number of Topliss-reactive ketones (excluding diaryl/α,β-unsaturated/α-hetero) is 1. The average molecular weight is 224 g/mol. The van der Waals surface area contributed by atoms with Gasteiger partial charge in [-0.25, -0.2) is 0 Å². The van der Waals surface area contributed by atoms with Crippen molar-refractivity contribution in [3.8, 4) is 0 Å². The molecule has 90 valence electrons. The van der Waals surface area contributed by atoms with Gasteiger partial charge in [0.2, 0.25) is 0 Å². The molecule has 0 N–H and O–H groups in total. The van der Waals surface area contributed by atoms with E-state index in [2.05, 4.69) is 0 Å². The normalized spacial score (nSPS) is 28.9. The summed E-state index contributed by atoms with van der Waals surface area (Å²) in [4.78, 5) is 11.8. The zero-order valence-electron chi connectivity index (χ0n) is 9.91. The average Bonchev–Trinajstić information content (AvgIpc) is 2.27. The molecule has 3 nitrogen and oxygen atoms in total. The summed E-state index contributed by atoms with van der Waals surface area (Å²) in [6, 6.07) is 0. The van der Waals surface area contributed by atoms with Crippen molar-refractivity contribution in [1.29, 1.82) is 0 Å². The molecule has 3 heteroatoms. The molecule has 2 rings (SSSR count). The van der Waals surface area contributed by atoms with Gasteiger partial charge in [0.15, 0.2) is 11.5 Å². The van der Waals surface area contributed by atoms with Gasteiger partial charge >= 0.3 is 0 Å². The maximum atomic E-state index is 11.8. The van der Waals surface area contributed by atoms with Crippen LogP contribution in [0, 0.1) is 5.92 Å². The molecule has 1 heterocycles. The molecule has 0 aromatic heterocycles. The van der Waals surface area contributed by atoms with E-state index in [9.17, 15) is 4.79 Å². The fourth-order valence-corrected chi connectivity index (χ4v) is 2.33. The summed E-state index contributed by atoms with van der Waals surface area (Å²) in [6.45, 7) is 3.49. The minimum absolute atomic E-state index is 0.180. The van der Waals surface area contributed by atoms with Crippen LogP contribution in [0.15, 0.2) is 11.8 Å². The van der Waals surface area contributed by atoms with E-state index in [0.29, 0.717) is 30.8 Å². The minimum atomic E-state index is 0.180. The van der Waals surface area contributed by atoms with E-state index in [4.69, 9.17) is 9.47 Å². The van der Waals surface area contributed by atoms with Gasteiger partial charge < -0.3 is 9.47 Å². The number of ether oxygens (including phenoxy) is 2. The molecular formula is C13H20O3. The summed E-state index contributed by atoms with van der Waals surface area (Å²) in [5, 5.41) is 0. The smallest absolute Gasteiger partial charge is 0.197 e. The highest BCUT2D eigenvalue weighted by molar-refractivity contribution is 5.93. The Hall–Kier alpha value is -0.830. The summed E-state index contributed by atoms with van der Waals surface area (Å²) in [6.07, 6.45) is 7.05. The minimum Gasteiger partial charge on any atom is -0.490 e. The zero-order chi connectivity index (χ0) is 11.4. The van der Waals surface area contributed by atoms with Crippen molar-refractivity contribution >= 4 is 5.78 Å². The highest BCUT2D eigenvalue weighted by atomic mass is 16.5. The Morgan fingerprint density at radius 2 is 2.38 bits per heavy atom. The number of ketones is 1. The first-order chi connectivity index (χ1) is 7.79. The Bertz CT molecular complexity index is 277. The molecule has 0 amide bonds. The van der Waals surface area contributed by atoms with Gasteiger partial charge in [0.1, 0.15) is 0 Å². The molecule has 1 aliphatic carbocycles. The number of allylic oxidation sites excluding steroid dienone is 2. The lowest BCUT2D eigenvalue weighted by atomic mass is 9.78. The van der Waals surface area contributed by atoms with Gasteiger partial charge in [0, 0.05) is 13.0 Å². The number of hydrogen-bond acceptors (Lipinski definition) is 3. The molecule has 1 aliphatic heterocycles. The molecule has 0 aromatic carbocycles. The van der Waals surface area contributed by atoms with Gasteiger partial charge in [-0.3, -0.25) is 4.79 Å². The Morgan fingerprint density at radius 3 is 3.00 bits per heavy atom. The summed E-state index contributed by atoms with van der Waals surface area (Å²) in [7, 11) is 0. The number of hydrogen-bond donors (Lipinski definition) is 0. The van der Waals surface area contributed by atoms with Crippen LogP contribution in [0.4, 0.5) is 0 Å². The molecule has 0 saturated heterocycles. The van der Waals surface area contributed by atoms with Gasteiger partial charge in [-0.1, -0.05) is 0 Å². The van der Waals surface area contributed by atoms with Crippen molar-refractivity contribution in [3.63, 3.8) is 0 Å².